The Bertz CT molecular complexity index is 889. The van der Waals surface area contributed by atoms with Crippen molar-refractivity contribution >= 4 is 14.3 Å². The maximum Gasteiger partial charge on any atom is 0.334 e. The van der Waals surface area contributed by atoms with E-state index in [1.807, 2.05) is 6.08 Å². The molecule has 5 aliphatic rings. The zero-order valence-corrected chi connectivity index (χ0v) is 20.0. The Kier molecular flexibility index (Phi) is 3.82. The van der Waals surface area contributed by atoms with Crippen molar-refractivity contribution < 1.29 is 28.9 Å². The molecule has 30 heavy (non-hydrogen) atoms. The molecule has 0 bridgehead atoms. The van der Waals surface area contributed by atoms with Gasteiger partial charge in [0.2, 0.25) is 0 Å². The van der Waals surface area contributed by atoms with Crippen LogP contribution >= 0.6 is 0 Å². The molecule has 3 fully saturated rings. The zero-order valence-electron chi connectivity index (χ0n) is 19.0. The lowest BCUT2D eigenvalue weighted by molar-refractivity contribution is -0.353. The quantitative estimate of drug-likeness (QED) is 0.395. The third-order valence-corrected chi connectivity index (χ3v) is 13.7. The number of rotatable bonds is 2. The average molecular weight is 435 g/mol. The molecular weight excluding hydrogens is 400 g/mol. The average Bonchev–Trinajstić information content (AvgIpc) is 3.07. The van der Waals surface area contributed by atoms with Gasteiger partial charge in [-0.3, -0.25) is 0 Å². The first kappa shape index (κ1) is 20.9. The molecule has 2 N–H and O–H groups in total. The van der Waals surface area contributed by atoms with Gasteiger partial charge in [-0.25, -0.2) is 4.79 Å². The summed E-state index contributed by atoms with van der Waals surface area (Å²) < 4.78 is 19.4. The lowest BCUT2D eigenvalue weighted by atomic mass is 9.38. The number of esters is 1. The fourth-order valence-electron chi connectivity index (χ4n) is 7.19. The van der Waals surface area contributed by atoms with Crippen LogP contribution in [0.15, 0.2) is 23.8 Å². The van der Waals surface area contributed by atoms with E-state index in [0.717, 1.165) is 0 Å². The van der Waals surface area contributed by atoms with Crippen LogP contribution < -0.4 is 0 Å². The minimum Gasteiger partial charge on any atom is -0.450 e. The second-order valence-electron chi connectivity index (χ2n) is 11.8. The van der Waals surface area contributed by atoms with E-state index < -0.39 is 42.8 Å². The van der Waals surface area contributed by atoms with Crippen molar-refractivity contribution in [2.45, 2.75) is 94.8 Å². The number of ether oxygens (including phenoxy) is 2. The molecule has 2 heterocycles. The third kappa shape index (κ3) is 2.02. The minimum atomic E-state index is -2.15. The van der Waals surface area contributed by atoms with Gasteiger partial charge < -0.3 is 24.1 Å². The second-order valence-corrected chi connectivity index (χ2v) is 16.5. The van der Waals surface area contributed by atoms with Crippen LogP contribution in [0.5, 0.6) is 0 Å². The molecule has 8 atom stereocenters. The summed E-state index contributed by atoms with van der Waals surface area (Å²) in [7, 11) is -2.15. The lowest BCUT2D eigenvalue weighted by Crippen LogP contribution is -2.82. The highest BCUT2D eigenvalue weighted by Crippen LogP contribution is 2.81. The first-order valence-corrected chi connectivity index (χ1v) is 13.9. The van der Waals surface area contributed by atoms with Gasteiger partial charge in [0.25, 0.3) is 0 Å². The minimum absolute atomic E-state index is 0.0229. The molecule has 1 unspecified atom stereocenters. The number of aliphatic hydroxyl groups excluding tert-OH is 1. The molecule has 5 rings (SSSR count). The maximum atomic E-state index is 12.6. The summed E-state index contributed by atoms with van der Waals surface area (Å²) in [6.07, 6.45) is 5.12. The monoisotopic (exact) mass is 434 g/mol. The van der Waals surface area contributed by atoms with Gasteiger partial charge in [0.05, 0.1) is 17.8 Å². The molecule has 0 aromatic heterocycles. The molecule has 0 radical (unpaired) electrons. The fraction of sp³-hybridized carbons (Fsp3) is 0.783. The largest absolute Gasteiger partial charge is 0.450 e. The van der Waals surface area contributed by atoms with E-state index in [1.165, 1.54) is 0 Å². The van der Waals surface area contributed by atoms with Crippen LogP contribution in [-0.2, 0) is 18.7 Å². The van der Waals surface area contributed by atoms with E-state index in [2.05, 4.69) is 40.8 Å². The van der Waals surface area contributed by atoms with Gasteiger partial charge in [-0.05, 0) is 50.6 Å². The summed E-state index contributed by atoms with van der Waals surface area (Å²) in [5, 5.41) is 22.9. The first-order chi connectivity index (χ1) is 13.7. The molecule has 0 amide bonds. The summed E-state index contributed by atoms with van der Waals surface area (Å²) in [6.45, 7) is 14.9. The zero-order chi connectivity index (χ0) is 22.1. The lowest BCUT2D eigenvalue weighted by Gasteiger charge is -2.69. The van der Waals surface area contributed by atoms with Gasteiger partial charge in [0, 0.05) is 23.8 Å². The van der Waals surface area contributed by atoms with Crippen LogP contribution in [0.3, 0.4) is 0 Å². The van der Waals surface area contributed by atoms with E-state index in [9.17, 15) is 15.0 Å². The highest BCUT2D eigenvalue weighted by atomic mass is 28.4. The predicted octanol–water partition coefficient (Wildman–Crippen LogP) is 3.05. The van der Waals surface area contributed by atoms with Crippen LogP contribution in [0, 0.1) is 17.3 Å². The Labute approximate surface area is 179 Å². The van der Waals surface area contributed by atoms with E-state index >= 15 is 0 Å². The summed E-state index contributed by atoms with van der Waals surface area (Å²) in [5.74, 6) is -2.37. The van der Waals surface area contributed by atoms with Crippen molar-refractivity contribution in [3.8, 4) is 0 Å². The Morgan fingerprint density at radius 1 is 1.30 bits per heavy atom. The van der Waals surface area contributed by atoms with Crippen LogP contribution in [0.25, 0.3) is 0 Å². The SMILES string of the molecule is CC1=C[C@]2(OC1=O)[C@H]1[C@@H]3[C@H](C[C@]1(C)O[Si](C)(C)C(C)(C)C)OC1(O)C=CC[C@@H](O)[C@@]312. The van der Waals surface area contributed by atoms with Crippen molar-refractivity contribution in [1.29, 1.82) is 0 Å². The second kappa shape index (κ2) is 5.49. The van der Waals surface area contributed by atoms with Gasteiger partial charge in [0.1, 0.15) is 5.41 Å². The highest BCUT2D eigenvalue weighted by Gasteiger charge is 2.93. The first-order valence-electron chi connectivity index (χ1n) is 11.0. The molecule has 2 spiro atoms. The van der Waals surface area contributed by atoms with Crippen molar-refractivity contribution in [1.82, 2.24) is 0 Å². The predicted molar refractivity (Wildman–Crippen MR) is 113 cm³/mol. The summed E-state index contributed by atoms with van der Waals surface area (Å²) in [4.78, 5) is 12.6. The standard InChI is InChI=1S/C23H34O6Si/c1-13-11-21(28-18(13)25)17-16-14(12-20(17,5)29-30(6,7)19(2,3)4)27-22(26)10-8-9-15(24)23(16,21)22/h8,10-11,14-17,24,26H,9,12H2,1-7H3/t14-,15+,16-,17-,20-,21-,22?,23-/m0/s1. The molecular formula is C23H34O6Si. The number of carbonyl (C=O) groups is 1. The fourth-order valence-corrected chi connectivity index (χ4v) is 8.87. The summed E-state index contributed by atoms with van der Waals surface area (Å²) >= 11 is 0. The Morgan fingerprint density at radius 3 is 2.53 bits per heavy atom. The molecule has 0 aromatic carbocycles. The van der Waals surface area contributed by atoms with Gasteiger partial charge in [0.15, 0.2) is 19.7 Å². The number of fused-ring (bicyclic) bond motifs is 1. The van der Waals surface area contributed by atoms with E-state index in [-0.39, 0.29) is 23.0 Å². The topological polar surface area (TPSA) is 85.2 Å². The Balaban J connectivity index is 1.67. The maximum absolute atomic E-state index is 12.6. The van der Waals surface area contributed by atoms with Crippen LogP contribution in [0.4, 0.5) is 0 Å². The normalized spacial score (nSPS) is 51.5. The van der Waals surface area contributed by atoms with Crippen molar-refractivity contribution in [2.75, 3.05) is 0 Å². The molecule has 166 valence electrons. The summed E-state index contributed by atoms with van der Waals surface area (Å²) in [6, 6.07) is 0. The Hall–Kier alpha value is -0.993. The van der Waals surface area contributed by atoms with Gasteiger partial charge >= 0.3 is 5.97 Å². The number of aliphatic hydroxyl groups is 2. The van der Waals surface area contributed by atoms with Gasteiger partial charge in [-0.1, -0.05) is 26.8 Å². The van der Waals surface area contributed by atoms with E-state index in [0.29, 0.717) is 18.4 Å². The van der Waals surface area contributed by atoms with Crippen molar-refractivity contribution in [3.05, 3.63) is 23.8 Å². The molecule has 2 aliphatic heterocycles. The smallest absolute Gasteiger partial charge is 0.334 e. The molecule has 6 nitrogen and oxygen atoms in total. The number of carbonyl (C=O) groups excluding carboxylic acids is 1. The molecule has 3 aliphatic carbocycles. The number of hydrogen-bond acceptors (Lipinski definition) is 6. The number of hydrogen-bond donors (Lipinski definition) is 2. The van der Waals surface area contributed by atoms with E-state index in [4.69, 9.17) is 13.9 Å². The third-order valence-electron chi connectivity index (χ3n) is 9.12. The summed E-state index contributed by atoms with van der Waals surface area (Å²) in [5.41, 5.74) is -2.31. The van der Waals surface area contributed by atoms with Crippen LogP contribution in [0.2, 0.25) is 18.1 Å². The van der Waals surface area contributed by atoms with E-state index in [1.54, 1.807) is 19.1 Å². The van der Waals surface area contributed by atoms with Gasteiger partial charge in [-0.2, -0.15) is 0 Å². The molecule has 0 aromatic rings. The van der Waals surface area contributed by atoms with Crippen LogP contribution in [-0.4, -0.2) is 53.7 Å². The highest BCUT2D eigenvalue weighted by molar-refractivity contribution is 6.74. The molecule has 1 saturated heterocycles. The van der Waals surface area contributed by atoms with Crippen LogP contribution in [0.1, 0.15) is 47.5 Å². The van der Waals surface area contributed by atoms with Crippen molar-refractivity contribution in [2.24, 2.45) is 17.3 Å². The van der Waals surface area contributed by atoms with Crippen molar-refractivity contribution in [3.63, 3.8) is 0 Å². The molecule has 2 saturated carbocycles. The molecule has 7 heteroatoms. The van der Waals surface area contributed by atoms with Gasteiger partial charge in [-0.15, -0.1) is 0 Å². The Morgan fingerprint density at radius 2 is 1.97 bits per heavy atom.